The number of aryl methyl sites for hydroxylation is 1. The summed E-state index contributed by atoms with van der Waals surface area (Å²) in [5.74, 6) is -0.169. The van der Waals surface area contributed by atoms with Gasteiger partial charge in [-0.05, 0) is 25.5 Å². The summed E-state index contributed by atoms with van der Waals surface area (Å²) in [7, 11) is -1.42. The van der Waals surface area contributed by atoms with Gasteiger partial charge in [-0.1, -0.05) is 22.9 Å². The fourth-order valence-corrected chi connectivity index (χ4v) is 4.39. The molecule has 1 amide bonds. The van der Waals surface area contributed by atoms with Crippen molar-refractivity contribution in [2.75, 3.05) is 18.6 Å². The minimum Gasteiger partial charge on any atom is -0.336 e. The molecule has 1 atom stereocenters. The topological polar surface area (TPSA) is 85.2 Å². The largest absolute Gasteiger partial charge is 0.336 e. The number of benzene rings is 1. The van der Waals surface area contributed by atoms with E-state index in [1.54, 1.807) is 13.2 Å². The van der Waals surface area contributed by atoms with Crippen LogP contribution in [0.25, 0.3) is 5.69 Å². The van der Waals surface area contributed by atoms with Crippen LogP contribution in [0.5, 0.6) is 0 Å². The van der Waals surface area contributed by atoms with Gasteiger partial charge in [0.2, 0.25) is 0 Å². The van der Waals surface area contributed by atoms with E-state index in [0.717, 1.165) is 11.3 Å². The molecule has 0 bridgehead atoms. The van der Waals surface area contributed by atoms with Crippen molar-refractivity contribution in [2.45, 2.75) is 19.4 Å². The molecule has 7 nitrogen and oxygen atoms in total. The minimum atomic E-state index is -3.03. The Balaban J connectivity index is 1.77. The number of rotatable bonds is 3. The van der Waals surface area contributed by atoms with Gasteiger partial charge in [-0.3, -0.25) is 4.79 Å². The van der Waals surface area contributed by atoms with E-state index >= 15 is 0 Å². The van der Waals surface area contributed by atoms with E-state index in [4.69, 9.17) is 0 Å². The van der Waals surface area contributed by atoms with Crippen LogP contribution in [0.3, 0.4) is 0 Å². The first-order valence-corrected chi connectivity index (χ1v) is 9.15. The van der Waals surface area contributed by atoms with Crippen LogP contribution in [0.4, 0.5) is 0 Å². The van der Waals surface area contributed by atoms with Gasteiger partial charge in [-0.2, -0.15) is 0 Å². The Morgan fingerprint density at radius 1 is 1.30 bits per heavy atom. The Hall–Kier alpha value is -2.22. The number of sulfone groups is 1. The number of hydrogen-bond donors (Lipinski definition) is 0. The molecule has 0 aliphatic carbocycles. The van der Waals surface area contributed by atoms with Gasteiger partial charge < -0.3 is 4.90 Å². The van der Waals surface area contributed by atoms with E-state index < -0.39 is 9.84 Å². The Labute approximate surface area is 134 Å². The lowest BCUT2D eigenvalue weighted by atomic mass is 10.2. The fraction of sp³-hybridized carbons (Fsp3) is 0.400. The lowest BCUT2D eigenvalue weighted by Crippen LogP contribution is -2.38. The standard InChI is InChI=1S/C15H18N4O3S/c1-11-3-5-12(6-4-11)19-9-14(16-17-19)15(20)18(2)13-7-8-23(21,22)10-13/h3-6,9,13H,7-8,10H2,1-2H3/t13-/m1/s1. The molecule has 1 aliphatic rings. The SMILES string of the molecule is Cc1ccc(-n2cc(C(=O)N(C)[C@@H]3CCS(=O)(=O)C3)nn2)cc1. The van der Waals surface area contributed by atoms with Gasteiger partial charge in [-0.25, -0.2) is 13.1 Å². The van der Waals surface area contributed by atoms with Crippen LogP contribution in [0.2, 0.25) is 0 Å². The second-order valence-electron chi connectivity index (χ2n) is 5.86. The summed E-state index contributed by atoms with van der Waals surface area (Å²) in [6.45, 7) is 1.99. The van der Waals surface area contributed by atoms with Crippen LogP contribution >= 0.6 is 0 Å². The van der Waals surface area contributed by atoms with Crippen molar-refractivity contribution in [3.8, 4) is 5.69 Å². The van der Waals surface area contributed by atoms with Crippen LogP contribution in [-0.2, 0) is 9.84 Å². The third kappa shape index (κ3) is 3.26. The first kappa shape index (κ1) is 15.7. The second kappa shape index (κ2) is 5.77. The molecule has 1 fully saturated rings. The minimum absolute atomic E-state index is 0.0152. The van der Waals surface area contributed by atoms with Crippen molar-refractivity contribution < 1.29 is 13.2 Å². The van der Waals surface area contributed by atoms with Gasteiger partial charge >= 0.3 is 0 Å². The van der Waals surface area contributed by atoms with Crippen LogP contribution in [-0.4, -0.2) is 58.8 Å². The predicted octanol–water partition coefficient (Wildman–Crippen LogP) is 0.835. The van der Waals surface area contributed by atoms with E-state index in [1.807, 2.05) is 31.2 Å². The molecule has 8 heteroatoms. The van der Waals surface area contributed by atoms with Crippen molar-refractivity contribution in [3.63, 3.8) is 0 Å². The number of carbonyl (C=O) groups is 1. The molecule has 0 radical (unpaired) electrons. The molecule has 2 heterocycles. The highest BCUT2D eigenvalue weighted by molar-refractivity contribution is 7.91. The highest BCUT2D eigenvalue weighted by atomic mass is 32.2. The van der Waals surface area contributed by atoms with E-state index in [-0.39, 0.29) is 29.1 Å². The molecular formula is C15H18N4O3S. The van der Waals surface area contributed by atoms with Crippen LogP contribution in [0.15, 0.2) is 30.5 Å². The normalized spacial score (nSPS) is 19.7. The van der Waals surface area contributed by atoms with Gasteiger partial charge in [0.05, 0.1) is 23.4 Å². The van der Waals surface area contributed by atoms with Crippen molar-refractivity contribution in [2.24, 2.45) is 0 Å². The molecule has 23 heavy (non-hydrogen) atoms. The summed E-state index contributed by atoms with van der Waals surface area (Å²) in [5.41, 5.74) is 2.15. The molecule has 0 saturated carbocycles. The molecule has 0 unspecified atom stereocenters. The zero-order chi connectivity index (χ0) is 16.6. The summed E-state index contributed by atoms with van der Waals surface area (Å²) in [6.07, 6.45) is 2.03. The fourth-order valence-electron chi connectivity index (χ4n) is 2.61. The summed E-state index contributed by atoms with van der Waals surface area (Å²) in [6, 6.07) is 7.40. The summed E-state index contributed by atoms with van der Waals surface area (Å²) in [5, 5.41) is 7.89. The molecule has 122 valence electrons. The molecule has 1 aliphatic heterocycles. The van der Waals surface area contributed by atoms with Crippen molar-refractivity contribution >= 4 is 15.7 Å². The third-order valence-electron chi connectivity index (χ3n) is 4.09. The van der Waals surface area contributed by atoms with E-state index in [0.29, 0.717) is 6.42 Å². The van der Waals surface area contributed by atoms with E-state index in [1.165, 1.54) is 9.58 Å². The second-order valence-corrected chi connectivity index (χ2v) is 8.09. The molecule has 1 saturated heterocycles. The van der Waals surface area contributed by atoms with Crippen molar-refractivity contribution in [3.05, 3.63) is 41.7 Å². The number of amides is 1. The first-order chi connectivity index (χ1) is 10.9. The monoisotopic (exact) mass is 334 g/mol. The van der Waals surface area contributed by atoms with Gasteiger partial charge in [0.1, 0.15) is 0 Å². The van der Waals surface area contributed by atoms with Gasteiger partial charge in [0, 0.05) is 13.1 Å². The number of hydrogen-bond acceptors (Lipinski definition) is 5. The molecule has 1 aromatic heterocycles. The predicted molar refractivity (Wildman–Crippen MR) is 85.2 cm³/mol. The lowest BCUT2D eigenvalue weighted by molar-refractivity contribution is 0.0741. The number of carbonyl (C=O) groups excluding carboxylic acids is 1. The molecule has 1 aromatic carbocycles. The quantitative estimate of drug-likeness (QED) is 0.830. The summed E-state index contributed by atoms with van der Waals surface area (Å²) in [4.78, 5) is 13.9. The molecule has 0 N–H and O–H groups in total. The number of nitrogens with zero attached hydrogens (tertiary/aromatic N) is 4. The maximum Gasteiger partial charge on any atom is 0.276 e. The number of aromatic nitrogens is 3. The maximum absolute atomic E-state index is 12.5. The maximum atomic E-state index is 12.5. The molecule has 3 rings (SSSR count). The Kier molecular flexibility index (Phi) is 3.93. The highest BCUT2D eigenvalue weighted by Crippen LogP contribution is 2.18. The zero-order valence-corrected chi connectivity index (χ0v) is 13.8. The van der Waals surface area contributed by atoms with Gasteiger partial charge in [-0.15, -0.1) is 5.10 Å². The average Bonchev–Trinajstić information content (AvgIpc) is 3.13. The average molecular weight is 334 g/mol. The van der Waals surface area contributed by atoms with Crippen LogP contribution in [0, 0.1) is 6.92 Å². The van der Waals surface area contributed by atoms with Gasteiger partial charge in [0.25, 0.3) is 5.91 Å². The van der Waals surface area contributed by atoms with Crippen LogP contribution < -0.4 is 0 Å². The molecule has 2 aromatic rings. The Bertz CT molecular complexity index is 827. The highest BCUT2D eigenvalue weighted by Gasteiger charge is 2.33. The molecular weight excluding hydrogens is 316 g/mol. The van der Waals surface area contributed by atoms with E-state index in [9.17, 15) is 13.2 Å². The molecule has 0 spiro atoms. The van der Waals surface area contributed by atoms with Crippen LogP contribution in [0.1, 0.15) is 22.5 Å². The zero-order valence-electron chi connectivity index (χ0n) is 13.0. The van der Waals surface area contributed by atoms with Gasteiger partial charge in [0.15, 0.2) is 15.5 Å². The van der Waals surface area contributed by atoms with E-state index in [2.05, 4.69) is 10.3 Å². The Morgan fingerprint density at radius 2 is 2.00 bits per heavy atom. The third-order valence-corrected chi connectivity index (χ3v) is 5.84. The Morgan fingerprint density at radius 3 is 2.61 bits per heavy atom. The summed E-state index contributed by atoms with van der Waals surface area (Å²) >= 11 is 0. The van der Waals surface area contributed by atoms with Crippen molar-refractivity contribution in [1.82, 2.24) is 19.9 Å². The lowest BCUT2D eigenvalue weighted by Gasteiger charge is -2.21. The van der Waals surface area contributed by atoms with Crippen molar-refractivity contribution in [1.29, 1.82) is 0 Å². The first-order valence-electron chi connectivity index (χ1n) is 7.33. The summed E-state index contributed by atoms with van der Waals surface area (Å²) < 4.78 is 24.6. The smallest absolute Gasteiger partial charge is 0.276 e.